The smallest absolute Gasteiger partial charge is 0.263 e. The van der Waals surface area contributed by atoms with Crippen LogP contribution in [0.15, 0.2) is 34.2 Å². The third kappa shape index (κ3) is 3.68. The molecule has 0 bridgehead atoms. The van der Waals surface area contributed by atoms with Crippen LogP contribution in [0.3, 0.4) is 0 Å². The molecule has 7 heteroatoms. The number of nitrogens with two attached hydrogens (primary N) is 1. The Morgan fingerprint density at radius 1 is 1.27 bits per heavy atom. The highest BCUT2D eigenvalue weighted by molar-refractivity contribution is 7.99. The third-order valence-corrected chi connectivity index (χ3v) is 6.57. The molecule has 1 aromatic carbocycles. The highest BCUT2D eigenvalue weighted by atomic mass is 32.2. The van der Waals surface area contributed by atoms with Crippen LogP contribution in [0.2, 0.25) is 0 Å². The van der Waals surface area contributed by atoms with Crippen LogP contribution in [0, 0.1) is 13.8 Å². The number of benzene rings is 1. The van der Waals surface area contributed by atoms with Crippen molar-refractivity contribution in [3.8, 4) is 0 Å². The summed E-state index contributed by atoms with van der Waals surface area (Å²) in [6.45, 7) is 6.50. The molecule has 136 valence electrons. The normalized spacial score (nSPS) is 11.2. The number of aryl methyl sites for hydroxylation is 3. The fourth-order valence-electron chi connectivity index (χ4n) is 2.84. The average molecular weight is 388 g/mol. The molecule has 0 aliphatic rings. The average Bonchev–Trinajstić information content (AvgIpc) is 2.93. The van der Waals surface area contributed by atoms with Crippen molar-refractivity contribution in [2.45, 2.75) is 38.9 Å². The number of aromatic nitrogens is 2. The summed E-state index contributed by atoms with van der Waals surface area (Å²) in [4.78, 5) is 31.0. The number of carbonyl (C=O) groups is 1. The van der Waals surface area contributed by atoms with E-state index in [9.17, 15) is 9.59 Å². The predicted octanol–water partition coefficient (Wildman–Crippen LogP) is 3.26. The second-order valence-corrected chi connectivity index (χ2v) is 8.24. The quantitative estimate of drug-likeness (QED) is 0.520. The first-order valence-corrected chi connectivity index (χ1v) is 10.2. The van der Waals surface area contributed by atoms with Crippen molar-refractivity contribution >= 4 is 39.2 Å². The Morgan fingerprint density at radius 3 is 2.58 bits per heavy atom. The molecular weight excluding hydrogens is 366 g/mol. The lowest BCUT2D eigenvalue weighted by Crippen LogP contribution is -2.24. The van der Waals surface area contributed by atoms with Gasteiger partial charge in [-0.15, -0.1) is 11.3 Å². The first kappa shape index (κ1) is 18.7. The lowest BCUT2D eigenvalue weighted by molar-refractivity contribution is -0.115. The number of hydrogen-bond donors (Lipinski definition) is 1. The monoisotopic (exact) mass is 387 g/mol. The number of nitrogens with zero attached hydrogens (tertiary/aromatic N) is 2. The van der Waals surface area contributed by atoms with Crippen LogP contribution in [0.1, 0.15) is 28.5 Å². The molecule has 2 aromatic heterocycles. The van der Waals surface area contributed by atoms with Crippen LogP contribution in [-0.4, -0.2) is 21.2 Å². The van der Waals surface area contributed by atoms with E-state index in [1.54, 1.807) is 15.9 Å². The lowest BCUT2D eigenvalue weighted by atomic mass is 10.1. The van der Waals surface area contributed by atoms with Crippen molar-refractivity contribution in [2.75, 3.05) is 5.75 Å². The minimum Gasteiger partial charge on any atom is -0.369 e. The number of amides is 1. The maximum absolute atomic E-state index is 13.2. The van der Waals surface area contributed by atoms with Crippen molar-refractivity contribution in [3.63, 3.8) is 0 Å². The molecule has 26 heavy (non-hydrogen) atoms. The van der Waals surface area contributed by atoms with E-state index in [0.717, 1.165) is 22.4 Å². The SMILES string of the molecule is CCc1sc2nc(SCC(N)=O)n(Cc3ccc(C)cc3)c(=O)c2c1C. The van der Waals surface area contributed by atoms with E-state index in [4.69, 9.17) is 5.73 Å². The second kappa shape index (κ2) is 7.63. The van der Waals surface area contributed by atoms with Crippen LogP contribution in [0.5, 0.6) is 0 Å². The molecule has 5 nitrogen and oxygen atoms in total. The Balaban J connectivity index is 2.15. The zero-order valence-electron chi connectivity index (χ0n) is 15.0. The Labute approximate surface area is 160 Å². The summed E-state index contributed by atoms with van der Waals surface area (Å²) in [7, 11) is 0. The van der Waals surface area contributed by atoms with Crippen LogP contribution >= 0.6 is 23.1 Å². The molecule has 0 aliphatic carbocycles. The van der Waals surface area contributed by atoms with E-state index in [1.165, 1.54) is 22.2 Å². The summed E-state index contributed by atoms with van der Waals surface area (Å²) in [6.07, 6.45) is 0.869. The van der Waals surface area contributed by atoms with Crippen LogP contribution in [-0.2, 0) is 17.8 Å². The summed E-state index contributed by atoms with van der Waals surface area (Å²) in [6, 6.07) is 8.06. The van der Waals surface area contributed by atoms with Gasteiger partial charge in [-0.05, 0) is 31.4 Å². The van der Waals surface area contributed by atoms with Gasteiger partial charge in [0.25, 0.3) is 5.56 Å². The maximum atomic E-state index is 13.2. The number of primary amides is 1. The van der Waals surface area contributed by atoms with Crippen molar-refractivity contribution in [2.24, 2.45) is 5.73 Å². The van der Waals surface area contributed by atoms with Crippen molar-refractivity contribution in [3.05, 3.63) is 56.2 Å². The van der Waals surface area contributed by atoms with Crippen LogP contribution in [0.25, 0.3) is 10.2 Å². The Hall–Kier alpha value is -2.12. The fraction of sp³-hybridized carbons (Fsp3) is 0.316. The zero-order valence-corrected chi connectivity index (χ0v) is 16.7. The second-order valence-electron chi connectivity index (χ2n) is 6.21. The van der Waals surface area contributed by atoms with Gasteiger partial charge in [0.15, 0.2) is 5.16 Å². The van der Waals surface area contributed by atoms with Gasteiger partial charge in [0, 0.05) is 4.88 Å². The molecule has 2 N–H and O–H groups in total. The minimum absolute atomic E-state index is 0.0593. The summed E-state index contributed by atoms with van der Waals surface area (Å²) in [5.41, 5.74) is 8.42. The van der Waals surface area contributed by atoms with Crippen molar-refractivity contribution < 1.29 is 4.79 Å². The number of thioether (sulfide) groups is 1. The van der Waals surface area contributed by atoms with E-state index >= 15 is 0 Å². The molecule has 0 saturated carbocycles. The van der Waals surface area contributed by atoms with Gasteiger partial charge in [-0.1, -0.05) is 48.5 Å². The number of thiophene rings is 1. The van der Waals surface area contributed by atoms with Gasteiger partial charge < -0.3 is 5.73 Å². The van der Waals surface area contributed by atoms with E-state index in [1.807, 2.05) is 38.1 Å². The number of fused-ring (bicyclic) bond motifs is 1. The third-order valence-electron chi connectivity index (χ3n) is 4.24. The molecular formula is C19H21N3O2S2. The first-order chi connectivity index (χ1) is 12.4. The molecule has 0 radical (unpaired) electrons. The number of rotatable bonds is 6. The van der Waals surface area contributed by atoms with E-state index < -0.39 is 5.91 Å². The Kier molecular flexibility index (Phi) is 5.48. The molecule has 0 unspecified atom stereocenters. The molecule has 3 rings (SSSR count). The van der Waals surface area contributed by atoms with Gasteiger partial charge in [-0.25, -0.2) is 4.98 Å². The standard InChI is InChI=1S/C19H21N3O2S2/c1-4-14-12(3)16-17(26-14)21-19(25-10-15(20)23)22(18(16)24)9-13-7-5-11(2)6-8-13/h5-8H,4,9-10H2,1-3H3,(H2,20,23). The topological polar surface area (TPSA) is 78.0 Å². The van der Waals surface area contributed by atoms with E-state index in [2.05, 4.69) is 11.9 Å². The molecule has 1 amide bonds. The van der Waals surface area contributed by atoms with Gasteiger partial charge in [-0.3, -0.25) is 14.2 Å². The molecule has 0 aliphatic heterocycles. The summed E-state index contributed by atoms with van der Waals surface area (Å²) in [5.74, 6) is -0.334. The van der Waals surface area contributed by atoms with E-state index in [-0.39, 0.29) is 11.3 Å². The molecule has 0 atom stereocenters. The Bertz CT molecular complexity index is 1020. The molecule has 3 aromatic rings. The van der Waals surface area contributed by atoms with Gasteiger partial charge in [0.2, 0.25) is 5.91 Å². The van der Waals surface area contributed by atoms with Gasteiger partial charge in [-0.2, -0.15) is 0 Å². The highest BCUT2D eigenvalue weighted by Gasteiger charge is 2.18. The van der Waals surface area contributed by atoms with Gasteiger partial charge in [0.05, 0.1) is 17.7 Å². The van der Waals surface area contributed by atoms with Crippen molar-refractivity contribution in [1.82, 2.24) is 9.55 Å². The predicted molar refractivity (Wildman–Crippen MR) is 108 cm³/mol. The van der Waals surface area contributed by atoms with Crippen LogP contribution < -0.4 is 11.3 Å². The highest BCUT2D eigenvalue weighted by Crippen LogP contribution is 2.29. The van der Waals surface area contributed by atoms with Crippen LogP contribution in [0.4, 0.5) is 0 Å². The maximum Gasteiger partial charge on any atom is 0.263 e. The molecule has 0 saturated heterocycles. The molecule has 0 spiro atoms. The zero-order chi connectivity index (χ0) is 18.8. The summed E-state index contributed by atoms with van der Waals surface area (Å²) < 4.78 is 1.65. The Morgan fingerprint density at radius 2 is 1.96 bits per heavy atom. The van der Waals surface area contributed by atoms with Gasteiger partial charge in [0.1, 0.15) is 4.83 Å². The largest absolute Gasteiger partial charge is 0.369 e. The molecule has 0 fully saturated rings. The molecule has 2 heterocycles. The number of carbonyl (C=O) groups excluding carboxylic acids is 1. The van der Waals surface area contributed by atoms with Crippen molar-refractivity contribution in [1.29, 1.82) is 0 Å². The lowest BCUT2D eigenvalue weighted by Gasteiger charge is -2.12. The van der Waals surface area contributed by atoms with Gasteiger partial charge >= 0.3 is 0 Å². The fourth-order valence-corrected chi connectivity index (χ4v) is 4.74. The first-order valence-electron chi connectivity index (χ1n) is 8.40. The summed E-state index contributed by atoms with van der Waals surface area (Å²) >= 11 is 2.76. The summed E-state index contributed by atoms with van der Waals surface area (Å²) in [5, 5.41) is 1.22. The number of hydrogen-bond acceptors (Lipinski definition) is 5. The van der Waals surface area contributed by atoms with E-state index in [0.29, 0.717) is 17.1 Å². The minimum atomic E-state index is -0.428.